The zero-order valence-electron chi connectivity index (χ0n) is 12.9. The third-order valence-corrected chi connectivity index (χ3v) is 6.81. The van der Waals surface area contributed by atoms with E-state index in [-0.39, 0.29) is 0 Å². The third-order valence-electron chi connectivity index (χ3n) is 6.81. The van der Waals surface area contributed by atoms with Crippen LogP contribution < -0.4 is 10.6 Å². The molecule has 0 radical (unpaired) electrons. The molecule has 0 atom stereocenters. The van der Waals surface area contributed by atoms with Crippen LogP contribution in [0.3, 0.4) is 0 Å². The number of nitrogen functional groups attached to an aromatic ring is 1. The lowest BCUT2D eigenvalue weighted by Gasteiger charge is -2.58. The van der Waals surface area contributed by atoms with Crippen LogP contribution in [0.15, 0.2) is 18.2 Å². The summed E-state index contributed by atoms with van der Waals surface area (Å²) in [6.45, 7) is 2.46. The molecule has 2 N–H and O–H groups in total. The van der Waals surface area contributed by atoms with Crippen molar-refractivity contribution in [2.75, 3.05) is 23.7 Å². The van der Waals surface area contributed by atoms with E-state index in [1.807, 2.05) is 0 Å². The molecule has 1 heterocycles. The van der Waals surface area contributed by atoms with Gasteiger partial charge >= 0.3 is 0 Å². The first kappa shape index (κ1) is 12.4. The van der Waals surface area contributed by atoms with Crippen molar-refractivity contribution in [1.29, 1.82) is 0 Å². The number of benzene rings is 1. The number of rotatable bonds is 2. The largest absolute Gasteiger partial charge is 0.397 e. The predicted octanol–water partition coefficient (Wildman–Crippen LogP) is 3.85. The van der Waals surface area contributed by atoms with Crippen LogP contribution in [0.5, 0.6) is 0 Å². The first-order valence-electron chi connectivity index (χ1n) is 8.83. The Kier molecular flexibility index (Phi) is 2.46. The summed E-state index contributed by atoms with van der Waals surface area (Å²) >= 11 is 0. The zero-order valence-corrected chi connectivity index (χ0v) is 12.9. The van der Waals surface area contributed by atoms with Gasteiger partial charge in [0.05, 0.1) is 11.4 Å². The SMILES string of the molecule is Nc1cccc2c1N(CC13CC4CC(CC(C4)C1)C3)CC2. The summed E-state index contributed by atoms with van der Waals surface area (Å²) in [7, 11) is 0. The fraction of sp³-hybridized carbons (Fsp3) is 0.684. The van der Waals surface area contributed by atoms with Crippen molar-refractivity contribution in [3.8, 4) is 0 Å². The van der Waals surface area contributed by atoms with E-state index in [1.165, 1.54) is 69.3 Å². The van der Waals surface area contributed by atoms with Gasteiger partial charge in [-0.05, 0) is 79.7 Å². The second-order valence-corrected chi connectivity index (χ2v) is 8.44. The van der Waals surface area contributed by atoms with Crippen molar-refractivity contribution < 1.29 is 0 Å². The van der Waals surface area contributed by atoms with Crippen LogP contribution in [-0.4, -0.2) is 13.1 Å². The number of para-hydroxylation sites is 1. The molecule has 6 rings (SSSR count). The molecule has 4 saturated carbocycles. The summed E-state index contributed by atoms with van der Waals surface area (Å²) in [5.41, 5.74) is 10.7. The van der Waals surface area contributed by atoms with Gasteiger partial charge in [0.25, 0.3) is 0 Å². The minimum atomic E-state index is 0.624. The lowest BCUT2D eigenvalue weighted by molar-refractivity contribution is -0.0475. The molecule has 5 aliphatic rings. The van der Waals surface area contributed by atoms with Gasteiger partial charge < -0.3 is 10.6 Å². The monoisotopic (exact) mass is 282 g/mol. The molecule has 4 fully saturated rings. The van der Waals surface area contributed by atoms with Crippen molar-refractivity contribution >= 4 is 11.4 Å². The Labute approximate surface area is 127 Å². The molecule has 0 saturated heterocycles. The van der Waals surface area contributed by atoms with Crippen LogP contribution in [0.4, 0.5) is 11.4 Å². The van der Waals surface area contributed by atoms with E-state index < -0.39 is 0 Å². The maximum Gasteiger partial charge on any atom is 0.0633 e. The molecule has 4 bridgehead atoms. The van der Waals surface area contributed by atoms with Crippen LogP contribution in [0.1, 0.15) is 44.1 Å². The molecule has 0 unspecified atom stereocenters. The summed E-state index contributed by atoms with van der Waals surface area (Å²) in [5.74, 6) is 3.14. The Bertz CT molecular complexity index is 542. The van der Waals surface area contributed by atoms with Gasteiger partial charge in [-0.2, -0.15) is 0 Å². The summed E-state index contributed by atoms with van der Waals surface area (Å²) in [6, 6.07) is 6.46. The fourth-order valence-electron chi connectivity index (χ4n) is 6.61. The van der Waals surface area contributed by atoms with E-state index in [1.54, 1.807) is 0 Å². The summed E-state index contributed by atoms with van der Waals surface area (Å²) in [4.78, 5) is 2.64. The fourth-order valence-corrected chi connectivity index (χ4v) is 6.61. The third kappa shape index (κ3) is 1.84. The number of nitrogens with zero attached hydrogens (tertiary/aromatic N) is 1. The topological polar surface area (TPSA) is 29.3 Å². The molecule has 0 spiro atoms. The van der Waals surface area contributed by atoms with Crippen molar-refractivity contribution in [1.82, 2.24) is 0 Å². The van der Waals surface area contributed by atoms with E-state index in [0.29, 0.717) is 5.41 Å². The molecular formula is C19H26N2. The molecule has 21 heavy (non-hydrogen) atoms. The van der Waals surface area contributed by atoms with Gasteiger partial charge in [-0.1, -0.05) is 12.1 Å². The molecule has 1 aromatic rings. The highest BCUT2D eigenvalue weighted by Gasteiger charge is 2.51. The molecule has 1 aromatic carbocycles. The number of hydrogen-bond donors (Lipinski definition) is 1. The minimum absolute atomic E-state index is 0.624. The van der Waals surface area contributed by atoms with Gasteiger partial charge in [0, 0.05) is 13.1 Å². The molecule has 4 aliphatic carbocycles. The normalized spacial score (nSPS) is 39.8. The van der Waals surface area contributed by atoms with Gasteiger partial charge in [0.2, 0.25) is 0 Å². The van der Waals surface area contributed by atoms with Gasteiger partial charge in [-0.15, -0.1) is 0 Å². The van der Waals surface area contributed by atoms with Crippen LogP contribution in [0, 0.1) is 23.2 Å². The lowest BCUT2D eigenvalue weighted by atomic mass is 9.49. The lowest BCUT2D eigenvalue weighted by Crippen LogP contribution is -2.51. The molecule has 0 amide bonds. The average molecular weight is 282 g/mol. The standard InChI is InChI=1S/C19H26N2/c20-17-3-1-2-16-4-5-21(18(16)17)12-19-9-13-6-14(10-19)8-15(7-13)11-19/h1-3,13-15H,4-12,20H2. The highest BCUT2D eigenvalue weighted by Crippen LogP contribution is 2.60. The molecule has 2 heteroatoms. The Morgan fingerprint density at radius 2 is 1.71 bits per heavy atom. The smallest absolute Gasteiger partial charge is 0.0633 e. The van der Waals surface area contributed by atoms with Crippen molar-refractivity contribution in [2.24, 2.45) is 23.2 Å². The summed E-state index contributed by atoms with van der Waals surface area (Å²) in [6.07, 6.45) is 10.3. The number of anilines is 2. The van der Waals surface area contributed by atoms with Crippen molar-refractivity contribution in [3.05, 3.63) is 23.8 Å². The maximum absolute atomic E-state index is 6.29. The van der Waals surface area contributed by atoms with E-state index in [4.69, 9.17) is 5.73 Å². The van der Waals surface area contributed by atoms with Crippen LogP contribution >= 0.6 is 0 Å². The maximum atomic E-state index is 6.29. The number of fused-ring (bicyclic) bond motifs is 1. The zero-order chi connectivity index (χ0) is 14.0. The molecule has 112 valence electrons. The van der Waals surface area contributed by atoms with E-state index in [0.717, 1.165) is 23.4 Å². The quantitative estimate of drug-likeness (QED) is 0.835. The molecular weight excluding hydrogens is 256 g/mol. The van der Waals surface area contributed by atoms with E-state index in [2.05, 4.69) is 23.1 Å². The molecule has 0 aromatic heterocycles. The van der Waals surface area contributed by atoms with E-state index in [9.17, 15) is 0 Å². The number of hydrogen-bond acceptors (Lipinski definition) is 2. The highest BCUT2D eigenvalue weighted by molar-refractivity contribution is 5.74. The van der Waals surface area contributed by atoms with Crippen LogP contribution in [0.2, 0.25) is 0 Å². The Morgan fingerprint density at radius 1 is 1.05 bits per heavy atom. The first-order chi connectivity index (χ1) is 10.2. The highest BCUT2D eigenvalue weighted by atomic mass is 15.2. The molecule has 1 aliphatic heterocycles. The Morgan fingerprint density at radius 3 is 2.38 bits per heavy atom. The molecule has 2 nitrogen and oxygen atoms in total. The van der Waals surface area contributed by atoms with Crippen LogP contribution in [-0.2, 0) is 6.42 Å². The van der Waals surface area contributed by atoms with E-state index >= 15 is 0 Å². The first-order valence-corrected chi connectivity index (χ1v) is 8.83. The van der Waals surface area contributed by atoms with Crippen LogP contribution in [0.25, 0.3) is 0 Å². The van der Waals surface area contributed by atoms with Gasteiger partial charge in [0.1, 0.15) is 0 Å². The van der Waals surface area contributed by atoms with Gasteiger partial charge in [-0.25, -0.2) is 0 Å². The number of nitrogens with two attached hydrogens (primary N) is 1. The van der Waals surface area contributed by atoms with Crippen molar-refractivity contribution in [3.63, 3.8) is 0 Å². The predicted molar refractivity (Wildman–Crippen MR) is 87.4 cm³/mol. The summed E-state index contributed by atoms with van der Waals surface area (Å²) < 4.78 is 0. The average Bonchev–Trinajstić information content (AvgIpc) is 2.81. The Balaban J connectivity index is 1.44. The van der Waals surface area contributed by atoms with Gasteiger partial charge in [-0.3, -0.25) is 0 Å². The second-order valence-electron chi connectivity index (χ2n) is 8.44. The minimum Gasteiger partial charge on any atom is -0.397 e. The second kappa shape index (κ2) is 4.18. The Hall–Kier alpha value is -1.18. The van der Waals surface area contributed by atoms with Gasteiger partial charge in [0.15, 0.2) is 0 Å². The summed E-state index contributed by atoms with van der Waals surface area (Å²) in [5, 5.41) is 0. The van der Waals surface area contributed by atoms with Crippen molar-refractivity contribution in [2.45, 2.75) is 44.9 Å².